The van der Waals surface area contributed by atoms with Crippen molar-refractivity contribution >= 4 is 12.0 Å². The first kappa shape index (κ1) is 28.7. The molecule has 1 saturated heterocycles. The molecule has 1 aliphatic carbocycles. The summed E-state index contributed by atoms with van der Waals surface area (Å²) in [4.78, 5) is 28.1. The van der Waals surface area contributed by atoms with Crippen molar-refractivity contribution in [2.45, 2.75) is 44.1 Å². The second-order valence-corrected chi connectivity index (χ2v) is 10.6. The zero-order valence-electron chi connectivity index (χ0n) is 22.2. The molecule has 10 heteroatoms. The summed E-state index contributed by atoms with van der Waals surface area (Å²) < 4.78 is 52.5. The number of methoxy groups -OCH3 is 1. The van der Waals surface area contributed by atoms with Gasteiger partial charge in [-0.05, 0) is 61.1 Å². The zero-order chi connectivity index (χ0) is 28.2. The maximum atomic E-state index is 14.0. The lowest BCUT2D eigenvalue weighted by atomic mass is 9.66. The molecule has 212 valence electrons. The van der Waals surface area contributed by atoms with Crippen molar-refractivity contribution in [3.63, 3.8) is 0 Å². The minimum Gasteiger partial charge on any atom is -0.497 e. The van der Waals surface area contributed by atoms with E-state index in [1.165, 1.54) is 26.3 Å². The number of carbonyl (C=O) groups is 2. The number of likely N-dealkylation sites (tertiary alicyclic amines) is 1. The highest BCUT2D eigenvalue weighted by Crippen LogP contribution is 2.45. The molecule has 4 rings (SSSR count). The van der Waals surface area contributed by atoms with Crippen molar-refractivity contribution in [3.05, 3.63) is 65.7 Å². The number of likely N-dealkylation sites (N-methyl/N-ethyl adjacent to an activating group) is 1. The molecule has 7 nitrogen and oxygen atoms in total. The molecule has 0 spiro atoms. The van der Waals surface area contributed by atoms with Gasteiger partial charge in [0, 0.05) is 32.2 Å². The van der Waals surface area contributed by atoms with Crippen LogP contribution in [0.25, 0.3) is 0 Å². The average molecular weight is 549 g/mol. The van der Waals surface area contributed by atoms with Crippen molar-refractivity contribution < 1.29 is 37.3 Å². The molecule has 0 aromatic heterocycles. The summed E-state index contributed by atoms with van der Waals surface area (Å²) in [6, 6.07) is 14.4. The number of ether oxygens (including phenoxy) is 2. The number of nitrogens with zero attached hydrogens (tertiary/aromatic N) is 2. The Morgan fingerprint density at radius 3 is 2.31 bits per heavy atom. The number of benzene rings is 2. The van der Waals surface area contributed by atoms with Crippen LogP contribution in [-0.2, 0) is 21.7 Å². The van der Waals surface area contributed by atoms with Gasteiger partial charge in [-0.25, -0.2) is 4.79 Å². The zero-order valence-corrected chi connectivity index (χ0v) is 22.2. The Morgan fingerprint density at radius 2 is 1.69 bits per heavy atom. The van der Waals surface area contributed by atoms with Gasteiger partial charge in [-0.2, -0.15) is 13.2 Å². The van der Waals surface area contributed by atoms with Crippen LogP contribution >= 0.6 is 0 Å². The lowest BCUT2D eigenvalue weighted by molar-refractivity contribution is -0.261. The van der Waals surface area contributed by atoms with Gasteiger partial charge in [0.2, 0.25) is 0 Å². The number of piperidine rings is 1. The van der Waals surface area contributed by atoms with Gasteiger partial charge in [-0.1, -0.05) is 42.5 Å². The van der Waals surface area contributed by atoms with Crippen LogP contribution in [0.3, 0.4) is 0 Å². The van der Waals surface area contributed by atoms with Gasteiger partial charge < -0.3 is 24.4 Å². The molecule has 2 aromatic rings. The molecule has 2 fully saturated rings. The van der Waals surface area contributed by atoms with Crippen molar-refractivity contribution in [3.8, 4) is 5.75 Å². The van der Waals surface area contributed by atoms with E-state index in [9.17, 15) is 27.9 Å². The van der Waals surface area contributed by atoms with Crippen molar-refractivity contribution in [2.24, 2.45) is 17.8 Å². The third kappa shape index (κ3) is 6.32. The number of carbonyl (C=O) groups excluding carboxylic acids is 2. The molecular weight excluding hydrogens is 513 g/mol. The normalized spacial score (nSPS) is 21.4. The van der Waals surface area contributed by atoms with Gasteiger partial charge in [-0.15, -0.1) is 0 Å². The molecule has 0 radical (unpaired) electrons. The van der Waals surface area contributed by atoms with E-state index in [4.69, 9.17) is 9.47 Å². The highest BCUT2D eigenvalue weighted by Gasteiger charge is 2.62. The lowest BCUT2D eigenvalue weighted by Gasteiger charge is -2.45. The average Bonchev–Trinajstić information content (AvgIpc) is 2.92. The van der Waals surface area contributed by atoms with E-state index in [1.807, 2.05) is 30.3 Å². The maximum Gasteiger partial charge on any atom is 0.430 e. The van der Waals surface area contributed by atoms with E-state index in [2.05, 4.69) is 0 Å². The van der Waals surface area contributed by atoms with Crippen LogP contribution in [0.2, 0.25) is 0 Å². The van der Waals surface area contributed by atoms with Gasteiger partial charge in [0.15, 0.2) is 0 Å². The summed E-state index contributed by atoms with van der Waals surface area (Å²) in [6.07, 6.45) is -2.25. The highest BCUT2D eigenvalue weighted by atomic mass is 19.4. The van der Waals surface area contributed by atoms with Gasteiger partial charge in [0.25, 0.3) is 11.5 Å². The molecule has 1 atom stereocenters. The molecular formula is C29H35F3N2O5. The summed E-state index contributed by atoms with van der Waals surface area (Å²) in [5, 5.41) is 10.7. The number of hydrogen-bond acceptors (Lipinski definition) is 5. The Bertz CT molecular complexity index is 1130. The summed E-state index contributed by atoms with van der Waals surface area (Å²) in [5.74, 6) is -0.414. The summed E-state index contributed by atoms with van der Waals surface area (Å²) in [5.41, 5.74) is -3.31. The van der Waals surface area contributed by atoms with E-state index >= 15 is 0 Å². The van der Waals surface area contributed by atoms with Crippen molar-refractivity contribution in [1.82, 2.24) is 9.80 Å². The smallest absolute Gasteiger partial charge is 0.430 e. The van der Waals surface area contributed by atoms with E-state index < -0.39 is 23.2 Å². The number of hydrogen-bond donors (Lipinski definition) is 1. The molecule has 2 aromatic carbocycles. The van der Waals surface area contributed by atoms with Gasteiger partial charge in [0.1, 0.15) is 12.4 Å². The van der Waals surface area contributed by atoms with Crippen LogP contribution in [0.4, 0.5) is 18.0 Å². The Hall–Kier alpha value is -3.27. The SMILES string of the molecule is COc1cccc(C(O)(C(=O)N(C)CC2CC(C3CCN(C(=O)OCc4ccccc4)CC3)C2)C(F)(F)F)c1. The first-order valence-electron chi connectivity index (χ1n) is 13.2. The Morgan fingerprint density at radius 1 is 1.03 bits per heavy atom. The highest BCUT2D eigenvalue weighted by molar-refractivity contribution is 5.87. The van der Waals surface area contributed by atoms with Crippen LogP contribution in [0.15, 0.2) is 54.6 Å². The van der Waals surface area contributed by atoms with Crippen LogP contribution in [0, 0.1) is 17.8 Å². The quantitative estimate of drug-likeness (QED) is 0.504. The van der Waals surface area contributed by atoms with Crippen LogP contribution in [-0.4, -0.2) is 66.9 Å². The minimum absolute atomic E-state index is 0.0561. The first-order valence-corrected chi connectivity index (χ1v) is 13.2. The number of amides is 2. The summed E-state index contributed by atoms with van der Waals surface area (Å²) in [6.45, 7) is 1.58. The fraction of sp³-hybridized carbons (Fsp3) is 0.517. The Labute approximate surface area is 226 Å². The third-order valence-corrected chi connectivity index (χ3v) is 8.03. The number of halogens is 3. The molecule has 0 bridgehead atoms. The van der Waals surface area contributed by atoms with Crippen LogP contribution in [0.1, 0.15) is 36.8 Å². The Kier molecular flexibility index (Phi) is 8.73. The van der Waals surface area contributed by atoms with Gasteiger partial charge >= 0.3 is 12.3 Å². The largest absolute Gasteiger partial charge is 0.497 e. The molecule has 1 aliphatic heterocycles. The van der Waals surface area contributed by atoms with E-state index in [0.29, 0.717) is 24.9 Å². The molecule has 1 unspecified atom stereocenters. The number of rotatable bonds is 8. The van der Waals surface area contributed by atoms with E-state index in [0.717, 1.165) is 48.3 Å². The monoisotopic (exact) mass is 548 g/mol. The second kappa shape index (κ2) is 11.9. The number of aliphatic hydroxyl groups is 1. The van der Waals surface area contributed by atoms with Crippen molar-refractivity contribution in [2.75, 3.05) is 33.8 Å². The molecule has 2 amide bonds. The predicted molar refractivity (Wildman–Crippen MR) is 138 cm³/mol. The van der Waals surface area contributed by atoms with E-state index in [1.54, 1.807) is 4.90 Å². The topological polar surface area (TPSA) is 79.3 Å². The first-order chi connectivity index (χ1) is 18.5. The fourth-order valence-electron chi connectivity index (χ4n) is 5.69. The van der Waals surface area contributed by atoms with Gasteiger partial charge in [-0.3, -0.25) is 4.79 Å². The summed E-state index contributed by atoms with van der Waals surface area (Å²) in [7, 11) is 2.60. The number of alkyl halides is 3. The third-order valence-electron chi connectivity index (χ3n) is 8.03. The molecule has 1 N–H and O–H groups in total. The molecule has 1 saturated carbocycles. The summed E-state index contributed by atoms with van der Waals surface area (Å²) >= 11 is 0. The minimum atomic E-state index is -5.21. The van der Waals surface area contributed by atoms with Crippen LogP contribution in [0.5, 0.6) is 5.75 Å². The van der Waals surface area contributed by atoms with Crippen LogP contribution < -0.4 is 4.74 Å². The lowest BCUT2D eigenvalue weighted by Crippen LogP contribution is -2.56. The second-order valence-electron chi connectivity index (χ2n) is 10.6. The molecule has 2 aliphatic rings. The Balaban J connectivity index is 1.25. The molecule has 1 heterocycles. The predicted octanol–water partition coefficient (Wildman–Crippen LogP) is 4.98. The standard InChI is InChI=1S/C29H35F3N2O5/c1-33(26(35)28(37,29(30,31)32)24-9-6-10-25(17-24)38-2)18-21-15-23(16-21)22-11-13-34(14-12-22)27(36)39-19-20-7-4-3-5-8-20/h3-10,17,21-23,37H,11-16,18-19H2,1-2H3. The van der Waals surface area contributed by atoms with E-state index in [-0.39, 0.29) is 30.9 Å². The fourth-order valence-corrected chi connectivity index (χ4v) is 5.69. The maximum absolute atomic E-state index is 14.0. The van der Waals surface area contributed by atoms with Gasteiger partial charge in [0.05, 0.1) is 7.11 Å². The van der Waals surface area contributed by atoms with Crippen molar-refractivity contribution in [1.29, 1.82) is 0 Å². The molecule has 39 heavy (non-hydrogen) atoms.